The van der Waals surface area contributed by atoms with Crippen LogP contribution in [0, 0.1) is 0 Å². The molecule has 1 aliphatic carbocycles. The molecule has 0 fully saturated rings. The zero-order valence-electron chi connectivity index (χ0n) is 20.8. The molecule has 12 heteroatoms. The van der Waals surface area contributed by atoms with Gasteiger partial charge in [-0.1, -0.05) is 28.7 Å². The molecule has 1 aliphatic heterocycles. The van der Waals surface area contributed by atoms with Crippen LogP contribution in [0.2, 0.25) is 5.02 Å². The highest BCUT2D eigenvalue weighted by molar-refractivity contribution is 6.31. The lowest BCUT2D eigenvalue weighted by Crippen LogP contribution is -2.40. The zero-order valence-corrected chi connectivity index (χ0v) is 21.5. The van der Waals surface area contributed by atoms with E-state index in [4.69, 9.17) is 33.1 Å². The first-order valence-electron chi connectivity index (χ1n) is 12.2. The van der Waals surface area contributed by atoms with Gasteiger partial charge in [0.15, 0.2) is 5.82 Å². The summed E-state index contributed by atoms with van der Waals surface area (Å²) in [6, 6.07) is 15.0. The molecule has 2 aromatic heterocycles. The minimum atomic E-state index is -2.84. The number of alkyl halides is 2. The number of nitrogens with one attached hydrogen (secondary N) is 2. The number of rotatable bonds is 7. The Balaban J connectivity index is 1.38. The number of aryl methyl sites for hydroxylation is 1. The highest BCUT2D eigenvalue weighted by Crippen LogP contribution is 2.46. The molecule has 0 radical (unpaired) electrons. The van der Waals surface area contributed by atoms with Gasteiger partial charge in [0.25, 0.3) is 17.7 Å². The van der Waals surface area contributed by atoms with Crippen LogP contribution in [0.3, 0.4) is 0 Å². The van der Waals surface area contributed by atoms with Gasteiger partial charge in [0.05, 0.1) is 33.6 Å². The summed E-state index contributed by atoms with van der Waals surface area (Å²) in [6.45, 7) is 0. The number of H-pyrrole nitrogens is 1. The molecule has 2 aromatic carbocycles. The number of allylic oxidation sites excluding steroid dienone is 1. The second kappa shape index (κ2) is 9.53. The third-order valence-corrected chi connectivity index (χ3v) is 7.27. The Bertz CT molecular complexity index is 1560. The average molecular weight is 553 g/mol. The van der Waals surface area contributed by atoms with E-state index in [-0.39, 0.29) is 0 Å². The van der Waals surface area contributed by atoms with E-state index in [1.54, 1.807) is 35.3 Å². The third kappa shape index (κ3) is 4.24. The number of hydrogen-bond acceptors (Lipinski definition) is 7. The van der Waals surface area contributed by atoms with E-state index in [2.05, 4.69) is 15.3 Å². The van der Waals surface area contributed by atoms with Crippen molar-refractivity contribution in [3.8, 4) is 22.4 Å². The molecule has 6 N–H and O–H groups in total. The standard InChI is InChI=1S/C27H25ClF2N7O2/c1-33-19-5-2-15(3-6-19)22-12-34-26(35-22)27-9-8-16-10-17(13-37(24(16)27)39-38-27)20-11-18(28)4-7-23(20)36(32)14-21(31)25(29)30/h2-7,10-14,25,33H,8-9,31-32H2,1H3,(H,34,35)/q+1/b21-14-. The fourth-order valence-corrected chi connectivity index (χ4v) is 5.26. The molecule has 1 atom stereocenters. The fraction of sp³-hybridized carbons (Fsp3) is 0.185. The predicted octanol–water partition coefficient (Wildman–Crippen LogP) is 4.04. The number of halogens is 3. The Morgan fingerprint density at radius 1 is 1.23 bits per heavy atom. The SMILES string of the molecule is CNc1ccc(-c2cnc(C34CCc5cc(-c6cc(Cl)ccc6N(N)/C=C(\N)C(F)F)c[n+](c53)OO4)[nH]2)cc1. The zero-order chi connectivity index (χ0) is 27.3. The molecule has 3 heterocycles. The van der Waals surface area contributed by atoms with Crippen molar-refractivity contribution in [2.75, 3.05) is 17.4 Å². The fourth-order valence-electron chi connectivity index (χ4n) is 5.08. The van der Waals surface area contributed by atoms with Crippen LogP contribution in [0.25, 0.3) is 22.4 Å². The van der Waals surface area contributed by atoms with E-state index in [1.807, 2.05) is 37.4 Å². The molecule has 4 aromatic rings. The first-order valence-corrected chi connectivity index (χ1v) is 12.5. The second-order valence-corrected chi connectivity index (χ2v) is 9.82. The van der Waals surface area contributed by atoms with Crippen LogP contribution in [0.5, 0.6) is 0 Å². The van der Waals surface area contributed by atoms with Gasteiger partial charge in [-0.3, -0.25) is 5.01 Å². The molecule has 2 aliphatic rings. The van der Waals surface area contributed by atoms with Gasteiger partial charge in [-0.05, 0) is 48.4 Å². The van der Waals surface area contributed by atoms with Crippen molar-refractivity contribution in [2.45, 2.75) is 24.9 Å². The molecule has 6 rings (SSSR count). The van der Waals surface area contributed by atoms with Crippen LogP contribution in [-0.4, -0.2) is 23.4 Å². The van der Waals surface area contributed by atoms with Crippen molar-refractivity contribution in [2.24, 2.45) is 11.6 Å². The van der Waals surface area contributed by atoms with Gasteiger partial charge in [-0.25, -0.2) is 19.6 Å². The summed E-state index contributed by atoms with van der Waals surface area (Å²) in [5.74, 6) is 6.74. The Morgan fingerprint density at radius 3 is 2.77 bits per heavy atom. The smallest absolute Gasteiger partial charge is 0.285 e. The van der Waals surface area contributed by atoms with Gasteiger partial charge < -0.3 is 16.0 Å². The number of imidazole rings is 1. The van der Waals surface area contributed by atoms with E-state index in [1.165, 1.54) is 0 Å². The van der Waals surface area contributed by atoms with E-state index in [0.29, 0.717) is 40.5 Å². The number of pyridine rings is 1. The Kier molecular flexibility index (Phi) is 6.13. The monoisotopic (exact) mass is 552 g/mol. The minimum absolute atomic E-state index is 0.430. The van der Waals surface area contributed by atoms with E-state index in [9.17, 15) is 8.78 Å². The predicted molar refractivity (Wildman–Crippen MR) is 142 cm³/mol. The summed E-state index contributed by atoms with van der Waals surface area (Å²) in [5, 5.41) is 4.62. The third-order valence-electron chi connectivity index (χ3n) is 7.03. The average Bonchev–Trinajstić information content (AvgIpc) is 3.67. The summed E-state index contributed by atoms with van der Waals surface area (Å²) >= 11 is 6.30. The van der Waals surface area contributed by atoms with Crippen molar-refractivity contribution < 1.29 is 23.4 Å². The summed E-state index contributed by atoms with van der Waals surface area (Å²) in [6.07, 6.45) is 2.98. The first kappa shape index (κ1) is 25.1. The van der Waals surface area contributed by atoms with Gasteiger partial charge in [0, 0.05) is 41.5 Å². The van der Waals surface area contributed by atoms with E-state index in [0.717, 1.165) is 39.4 Å². The maximum atomic E-state index is 13.0. The first-order chi connectivity index (χ1) is 18.8. The highest BCUT2D eigenvalue weighted by atomic mass is 35.5. The summed E-state index contributed by atoms with van der Waals surface area (Å²) < 4.78 is 27.6. The quantitative estimate of drug-likeness (QED) is 0.118. The van der Waals surface area contributed by atoms with Crippen LogP contribution in [0.4, 0.5) is 20.2 Å². The number of anilines is 2. The van der Waals surface area contributed by atoms with Crippen LogP contribution in [-0.2, 0) is 16.9 Å². The molecule has 0 amide bonds. The van der Waals surface area contributed by atoms with Gasteiger partial charge in [0.1, 0.15) is 0 Å². The number of benzene rings is 2. The molecule has 0 saturated heterocycles. The van der Waals surface area contributed by atoms with Crippen LogP contribution in [0.1, 0.15) is 23.5 Å². The Morgan fingerprint density at radius 2 is 2.03 bits per heavy atom. The number of aromatic nitrogens is 3. The summed E-state index contributed by atoms with van der Waals surface area (Å²) in [5.41, 5.74) is 10.3. The van der Waals surface area contributed by atoms with Crippen LogP contribution < -0.4 is 31.6 Å². The molecule has 0 bridgehead atoms. The van der Waals surface area contributed by atoms with Gasteiger partial charge in [-0.15, -0.1) is 4.89 Å². The lowest BCUT2D eigenvalue weighted by atomic mass is 9.98. The molecule has 200 valence electrons. The number of hydrazine groups is 1. The van der Waals surface area contributed by atoms with Crippen molar-refractivity contribution in [1.82, 2.24) is 9.97 Å². The van der Waals surface area contributed by atoms with Crippen molar-refractivity contribution in [3.05, 3.63) is 94.9 Å². The van der Waals surface area contributed by atoms with Crippen molar-refractivity contribution in [3.63, 3.8) is 0 Å². The Hall–Kier alpha value is -4.19. The van der Waals surface area contributed by atoms with Crippen LogP contribution >= 0.6 is 11.6 Å². The lowest BCUT2D eigenvalue weighted by molar-refractivity contribution is -0.938. The second-order valence-electron chi connectivity index (χ2n) is 9.38. The maximum absolute atomic E-state index is 13.0. The number of nitrogens with zero attached hydrogens (tertiary/aromatic N) is 3. The normalized spacial score (nSPS) is 17.8. The Labute approximate surface area is 227 Å². The minimum Gasteiger partial charge on any atom is -0.396 e. The highest BCUT2D eigenvalue weighted by Gasteiger charge is 2.60. The lowest BCUT2D eigenvalue weighted by Gasteiger charge is -2.19. The molecular formula is C27H25ClF2N7O2+. The number of nitrogens with two attached hydrogens (primary N) is 2. The molecule has 0 saturated carbocycles. The largest absolute Gasteiger partial charge is 0.396 e. The molecular weight excluding hydrogens is 528 g/mol. The van der Waals surface area contributed by atoms with Crippen LogP contribution in [0.15, 0.2) is 72.8 Å². The topological polar surface area (TPSA) is 118 Å². The van der Waals surface area contributed by atoms with Gasteiger partial charge >= 0.3 is 0 Å². The number of aromatic amines is 1. The van der Waals surface area contributed by atoms with Crippen molar-refractivity contribution >= 4 is 23.0 Å². The van der Waals surface area contributed by atoms with Gasteiger partial charge in [0.2, 0.25) is 6.20 Å². The maximum Gasteiger partial charge on any atom is 0.285 e. The van der Waals surface area contributed by atoms with E-state index < -0.39 is 17.7 Å². The summed E-state index contributed by atoms with van der Waals surface area (Å²) in [7, 11) is 1.87. The summed E-state index contributed by atoms with van der Waals surface area (Å²) in [4.78, 5) is 19.7. The van der Waals surface area contributed by atoms with Gasteiger partial charge in [-0.2, -0.15) is 0 Å². The number of hydrogen-bond donors (Lipinski definition) is 4. The van der Waals surface area contributed by atoms with Crippen molar-refractivity contribution in [1.29, 1.82) is 0 Å². The van der Waals surface area contributed by atoms with E-state index >= 15 is 0 Å². The molecule has 9 nitrogen and oxygen atoms in total. The molecule has 1 unspecified atom stereocenters. The molecule has 0 spiro atoms. The molecule has 39 heavy (non-hydrogen) atoms.